The molecule has 2 N–H and O–H groups in total. The number of urea groups is 1. The third-order valence-electron chi connectivity index (χ3n) is 3.45. The molecule has 6 heteroatoms. The molecule has 2 amide bonds. The Hall–Kier alpha value is -3.72. The number of carbonyl (C=O) groups excluding carboxylic acids is 1. The van der Waals surface area contributed by atoms with Crippen LogP contribution in [0.15, 0.2) is 55.1 Å². The molecule has 0 radical (unpaired) electrons. The molecule has 26 heavy (non-hydrogen) atoms. The summed E-state index contributed by atoms with van der Waals surface area (Å²) in [5.41, 5.74) is 3.94. The molecule has 128 valence electrons. The van der Waals surface area contributed by atoms with Crippen molar-refractivity contribution in [1.29, 1.82) is 0 Å². The van der Waals surface area contributed by atoms with Gasteiger partial charge in [-0.3, -0.25) is 15.3 Å². The second-order valence-corrected chi connectivity index (χ2v) is 5.66. The SMILES string of the molecule is Cc1ccc(C#Cc2cccnc2)c(NC(=O)Nc2cnc(C)cn2)c1. The first-order chi connectivity index (χ1) is 12.6. The van der Waals surface area contributed by atoms with Gasteiger partial charge in [-0.15, -0.1) is 0 Å². The largest absolute Gasteiger partial charge is 0.324 e. The topological polar surface area (TPSA) is 79.8 Å². The maximum absolute atomic E-state index is 12.3. The highest BCUT2D eigenvalue weighted by molar-refractivity contribution is 6.00. The minimum absolute atomic E-state index is 0.378. The van der Waals surface area contributed by atoms with Gasteiger partial charge in [0.15, 0.2) is 5.82 Å². The second kappa shape index (κ2) is 7.90. The Morgan fingerprint density at radius 1 is 1.00 bits per heavy atom. The summed E-state index contributed by atoms with van der Waals surface area (Å²) in [7, 11) is 0. The van der Waals surface area contributed by atoms with E-state index in [4.69, 9.17) is 0 Å². The van der Waals surface area contributed by atoms with E-state index < -0.39 is 6.03 Å². The molecule has 0 bridgehead atoms. The number of hydrogen-bond acceptors (Lipinski definition) is 4. The molecule has 0 atom stereocenters. The number of nitrogens with one attached hydrogen (secondary N) is 2. The minimum Gasteiger partial charge on any atom is -0.306 e. The van der Waals surface area contributed by atoms with E-state index in [1.165, 1.54) is 6.20 Å². The van der Waals surface area contributed by atoms with Gasteiger partial charge >= 0.3 is 6.03 Å². The Morgan fingerprint density at radius 3 is 2.62 bits per heavy atom. The monoisotopic (exact) mass is 343 g/mol. The van der Waals surface area contributed by atoms with Crippen LogP contribution in [0.1, 0.15) is 22.4 Å². The summed E-state index contributed by atoms with van der Waals surface area (Å²) in [6, 6.07) is 8.99. The van der Waals surface area contributed by atoms with Gasteiger partial charge in [-0.1, -0.05) is 17.9 Å². The predicted molar refractivity (Wildman–Crippen MR) is 101 cm³/mol. The quantitative estimate of drug-likeness (QED) is 0.698. The maximum atomic E-state index is 12.3. The van der Waals surface area contributed by atoms with Crippen LogP contribution in [0.5, 0.6) is 0 Å². The number of hydrogen-bond donors (Lipinski definition) is 2. The lowest BCUT2D eigenvalue weighted by atomic mass is 10.1. The van der Waals surface area contributed by atoms with Gasteiger partial charge < -0.3 is 5.32 Å². The van der Waals surface area contributed by atoms with Gasteiger partial charge in [0.2, 0.25) is 0 Å². The summed E-state index contributed by atoms with van der Waals surface area (Å²) >= 11 is 0. The average molecular weight is 343 g/mol. The Kier molecular flexibility index (Phi) is 5.20. The number of rotatable bonds is 2. The molecule has 3 aromatic rings. The fourth-order valence-corrected chi connectivity index (χ4v) is 2.17. The highest BCUT2D eigenvalue weighted by Gasteiger charge is 2.07. The van der Waals surface area contributed by atoms with Crippen LogP contribution in [0.25, 0.3) is 0 Å². The van der Waals surface area contributed by atoms with Gasteiger partial charge in [0.1, 0.15) is 0 Å². The van der Waals surface area contributed by atoms with E-state index in [-0.39, 0.29) is 0 Å². The smallest absolute Gasteiger partial charge is 0.306 e. The predicted octanol–water partition coefficient (Wildman–Crippen LogP) is 3.53. The molecule has 0 unspecified atom stereocenters. The van der Waals surface area contributed by atoms with Gasteiger partial charge in [0, 0.05) is 23.5 Å². The standard InChI is InChI=1S/C20H17N5O/c1-14-5-7-17(8-6-16-4-3-9-21-12-16)18(10-14)24-20(26)25-19-13-22-15(2)11-23-19/h3-5,7,9-13H,1-2H3,(H2,23,24,25,26). The van der Waals surface area contributed by atoms with Crippen molar-refractivity contribution in [2.75, 3.05) is 10.6 Å². The normalized spacial score (nSPS) is 9.77. The minimum atomic E-state index is -0.404. The van der Waals surface area contributed by atoms with Gasteiger partial charge in [-0.25, -0.2) is 9.78 Å². The van der Waals surface area contributed by atoms with Crippen LogP contribution in [0.4, 0.5) is 16.3 Å². The summed E-state index contributed by atoms with van der Waals surface area (Å²) in [5, 5.41) is 5.47. The van der Waals surface area contributed by atoms with Crippen molar-refractivity contribution in [3.8, 4) is 11.8 Å². The summed E-state index contributed by atoms with van der Waals surface area (Å²) in [6.07, 6.45) is 6.49. The number of carbonyl (C=O) groups is 1. The van der Waals surface area contributed by atoms with E-state index >= 15 is 0 Å². The zero-order valence-corrected chi connectivity index (χ0v) is 14.4. The van der Waals surface area contributed by atoms with Crippen LogP contribution in [0, 0.1) is 25.7 Å². The zero-order chi connectivity index (χ0) is 18.4. The molecule has 1 aromatic carbocycles. The maximum Gasteiger partial charge on any atom is 0.324 e. The number of aromatic nitrogens is 3. The van der Waals surface area contributed by atoms with Crippen LogP contribution < -0.4 is 10.6 Å². The van der Waals surface area contributed by atoms with Crippen molar-refractivity contribution in [2.45, 2.75) is 13.8 Å². The molecule has 0 saturated carbocycles. The zero-order valence-electron chi connectivity index (χ0n) is 14.4. The molecule has 0 fully saturated rings. The summed E-state index contributed by atoms with van der Waals surface area (Å²) < 4.78 is 0. The lowest BCUT2D eigenvalue weighted by Crippen LogP contribution is -2.21. The molecule has 0 saturated heterocycles. The van der Waals surface area contributed by atoms with Crippen molar-refractivity contribution in [1.82, 2.24) is 15.0 Å². The Labute approximate surface area is 151 Å². The molecule has 2 heterocycles. The summed E-state index contributed by atoms with van der Waals surface area (Å²) in [5.74, 6) is 6.49. The van der Waals surface area contributed by atoms with E-state index in [1.54, 1.807) is 18.6 Å². The molecule has 0 aliphatic carbocycles. The molecule has 0 spiro atoms. The van der Waals surface area contributed by atoms with E-state index in [9.17, 15) is 4.79 Å². The number of anilines is 2. The highest BCUT2D eigenvalue weighted by Crippen LogP contribution is 2.17. The highest BCUT2D eigenvalue weighted by atomic mass is 16.2. The molecule has 0 aliphatic rings. The molecule has 0 aliphatic heterocycles. The Bertz CT molecular complexity index is 973. The first kappa shape index (κ1) is 17.1. The first-order valence-electron chi connectivity index (χ1n) is 7.99. The van der Waals surface area contributed by atoms with Crippen LogP contribution in [0.2, 0.25) is 0 Å². The van der Waals surface area contributed by atoms with Crippen LogP contribution in [-0.4, -0.2) is 21.0 Å². The number of nitrogens with zero attached hydrogens (tertiary/aromatic N) is 3. The van der Waals surface area contributed by atoms with E-state index in [1.807, 2.05) is 44.2 Å². The van der Waals surface area contributed by atoms with Crippen molar-refractivity contribution in [3.63, 3.8) is 0 Å². The fourth-order valence-electron chi connectivity index (χ4n) is 2.17. The van der Waals surface area contributed by atoms with Crippen molar-refractivity contribution >= 4 is 17.5 Å². The average Bonchev–Trinajstić information content (AvgIpc) is 2.64. The van der Waals surface area contributed by atoms with E-state index in [2.05, 4.69) is 37.4 Å². The lowest BCUT2D eigenvalue weighted by molar-refractivity contribution is 0.262. The summed E-state index contributed by atoms with van der Waals surface area (Å²) in [6.45, 7) is 3.78. The number of benzene rings is 1. The number of amides is 2. The van der Waals surface area contributed by atoms with Gasteiger partial charge in [-0.2, -0.15) is 0 Å². The van der Waals surface area contributed by atoms with Crippen LogP contribution in [-0.2, 0) is 0 Å². The summed E-state index contributed by atoms with van der Waals surface area (Å²) in [4.78, 5) is 24.5. The van der Waals surface area contributed by atoms with Crippen LogP contribution >= 0.6 is 0 Å². The molecular weight excluding hydrogens is 326 g/mol. The molecule has 6 nitrogen and oxygen atoms in total. The van der Waals surface area contributed by atoms with Crippen molar-refractivity contribution in [3.05, 3.63) is 77.5 Å². The van der Waals surface area contributed by atoms with E-state index in [0.717, 1.165) is 16.8 Å². The fraction of sp³-hybridized carbons (Fsp3) is 0.100. The Balaban J connectivity index is 1.78. The molecule has 3 rings (SSSR count). The van der Waals surface area contributed by atoms with Crippen LogP contribution in [0.3, 0.4) is 0 Å². The van der Waals surface area contributed by atoms with Gasteiger partial charge in [-0.05, 0) is 43.7 Å². The molecule has 2 aromatic heterocycles. The second-order valence-electron chi connectivity index (χ2n) is 5.66. The Morgan fingerprint density at radius 2 is 1.88 bits per heavy atom. The first-order valence-corrected chi connectivity index (χ1v) is 7.99. The van der Waals surface area contributed by atoms with Gasteiger partial charge in [0.05, 0.1) is 23.8 Å². The van der Waals surface area contributed by atoms with Crippen molar-refractivity contribution in [2.24, 2.45) is 0 Å². The van der Waals surface area contributed by atoms with Crippen molar-refractivity contribution < 1.29 is 4.79 Å². The number of aryl methyl sites for hydroxylation is 2. The third kappa shape index (κ3) is 4.65. The van der Waals surface area contributed by atoms with Gasteiger partial charge in [0.25, 0.3) is 0 Å². The lowest BCUT2D eigenvalue weighted by Gasteiger charge is -2.09. The third-order valence-corrected chi connectivity index (χ3v) is 3.45. The molecular formula is C20H17N5O. The number of pyridine rings is 1. The van der Waals surface area contributed by atoms with E-state index in [0.29, 0.717) is 17.1 Å².